The maximum absolute atomic E-state index is 10.3. The van der Waals surface area contributed by atoms with Crippen LogP contribution < -0.4 is 4.57 Å². The summed E-state index contributed by atoms with van der Waals surface area (Å²) in [5, 5.41) is 12.4. The van der Waals surface area contributed by atoms with Gasteiger partial charge in [-0.1, -0.05) is 62.1 Å². The van der Waals surface area contributed by atoms with Crippen LogP contribution in [0.25, 0.3) is 44.3 Å². The van der Waals surface area contributed by atoms with E-state index >= 15 is 0 Å². The summed E-state index contributed by atoms with van der Waals surface area (Å²) < 4.78 is 9.00. The van der Waals surface area contributed by atoms with Crippen molar-refractivity contribution >= 4 is 21.9 Å². The van der Waals surface area contributed by atoms with E-state index in [1.807, 2.05) is 12.1 Å². The number of nitriles is 1. The Morgan fingerprint density at radius 1 is 0.795 bits per heavy atom. The Hall–Kier alpha value is -3.90. The second-order valence-electron chi connectivity index (χ2n) is 11.8. The molecule has 2 aliphatic carbocycles. The van der Waals surface area contributed by atoms with E-state index in [9.17, 15) is 5.26 Å². The number of furan rings is 1. The average molecular weight is 512 g/mol. The van der Waals surface area contributed by atoms with Gasteiger partial charge in [0, 0.05) is 28.5 Å². The number of hydrogen-bond acceptors (Lipinski definition) is 2. The summed E-state index contributed by atoms with van der Waals surface area (Å²) in [7, 11) is 2.08. The van der Waals surface area contributed by atoms with E-state index < -0.39 is 0 Å². The highest BCUT2D eigenvalue weighted by Gasteiger charge is 2.34. The molecule has 2 unspecified atom stereocenters. The molecule has 7 rings (SSSR count). The lowest BCUT2D eigenvalue weighted by molar-refractivity contribution is -0.660. The third-order valence-electron chi connectivity index (χ3n) is 9.66. The minimum absolute atomic E-state index is 0.541. The molecule has 3 heteroatoms. The average Bonchev–Trinajstić information content (AvgIpc) is 3.73. The van der Waals surface area contributed by atoms with Crippen LogP contribution in [-0.4, -0.2) is 0 Å². The third kappa shape index (κ3) is 3.97. The Kier molecular flexibility index (Phi) is 6.00. The van der Waals surface area contributed by atoms with Crippen molar-refractivity contribution in [3.8, 4) is 28.5 Å². The van der Waals surface area contributed by atoms with Crippen molar-refractivity contribution in [1.29, 1.82) is 5.26 Å². The smallest absolute Gasteiger partial charge is 0.216 e. The first-order chi connectivity index (χ1) is 19.1. The van der Waals surface area contributed by atoms with E-state index in [1.54, 1.807) is 0 Å². The van der Waals surface area contributed by atoms with Gasteiger partial charge in [0.15, 0.2) is 6.20 Å². The van der Waals surface area contributed by atoms with Gasteiger partial charge >= 0.3 is 0 Å². The fourth-order valence-electron chi connectivity index (χ4n) is 7.70. The number of aromatic nitrogens is 1. The number of benzene rings is 3. The Labute approximate surface area is 230 Å². The highest BCUT2D eigenvalue weighted by Crippen LogP contribution is 2.49. The van der Waals surface area contributed by atoms with E-state index in [0.29, 0.717) is 11.5 Å². The fourth-order valence-corrected chi connectivity index (χ4v) is 7.70. The van der Waals surface area contributed by atoms with E-state index in [4.69, 9.17) is 4.42 Å². The van der Waals surface area contributed by atoms with Crippen LogP contribution in [0, 0.1) is 30.1 Å². The van der Waals surface area contributed by atoms with Crippen LogP contribution in [0.4, 0.5) is 0 Å². The summed E-state index contributed by atoms with van der Waals surface area (Å²) in [5.41, 5.74) is 9.30. The van der Waals surface area contributed by atoms with Crippen LogP contribution in [0.2, 0.25) is 0 Å². The van der Waals surface area contributed by atoms with Gasteiger partial charge in [0.1, 0.15) is 18.2 Å². The molecule has 3 nitrogen and oxygen atoms in total. The number of fused-ring (bicyclic) bond motifs is 3. The number of pyridine rings is 1. The summed E-state index contributed by atoms with van der Waals surface area (Å²) >= 11 is 0. The normalized spacial score (nSPS) is 19.7. The van der Waals surface area contributed by atoms with E-state index in [2.05, 4.69) is 85.4 Å². The maximum atomic E-state index is 10.3. The summed E-state index contributed by atoms with van der Waals surface area (Å²) in [6.45, 7) is 2.15. The van der Waals surface area contributed by atoms with Crippen molar-refractivity contribution in [3.63, 3.8) is 0 Å². The molecule has 0 spiro atoms. The monoisotopic (exact) mass is 511 g/mol. The molecule has 2 aromatic heterocycles. The van der Waals surface area contributed by atoms with Crippen molar-refractivity contribution < 1.29 is 8.98 Å². The molecule has 2 fully saturated rings. The van der Waals surface area contributed by atoms with Gasteiger partial charge < -0.3 is 4.42 Å². The zero-order valence-electron chi connectivity index (χ0n) is 22.9. The van der Waals surface area contributed by atoms with Crippen LogP contribution in [0.1, 0.15) is 67.6 Å². The van der Waals surface area contributed by atoms with Crippen LogP contribution in [0.5, 0.6) is 0 Å². The van der Waals surface area contributed by atoms with Crippen LogP contribution in [0.3, 0.4) is 0 Å². The number of rotatable bonds is 4. The SMILES string of the molecule is Cc1ccc2c(oc3c(-c4ccccc4C4CCC(C5CCCC5)C4)c(C#N)ccc32)c1-c1cccc[n+]1C. The lowest BCUT2D eigenvalue weighted by Gasteiger charge is -2.20. The molecule has 39 heavy (non-hydrogen) atoms. The molecule has 2 aliphatic rings. The van der Waals surface area contributed by atoms with Gasteiger partial charge in [-0.2, -0.15) is 5.26 Å². The van der Waals surface area contributed by atoms with Gasteiger partial charge in [0.25, 0.3) is 0 Å². The Morgan fingerprint density at radius 3 is 2.33 bits per heavy atom. The summed E-state index contributed by atoms with van der Waals surface area (Å²) in [6, 6.07) is 26.0. The van der Waals surface area contributed by atoms with Gasteiger partial charge in [-0.25, -0.2) is 4.57 Å². The van der Waals surface area contributed by atoms with Crippen molar-refractivity contribution in [2.24, 2.45) is 18.9 Å². The molecule has 2 saturated carbocycles. The molecular weight excluding hydrogens is 476 g/mol. The fraction of sp³-hybridized carbons (Fsp3) is 0.333. The van der Waals surface area contributed by atoms with E-state index in [1.165, 1.54) is 61.6 Å². The number of nitrogens with zero attached hydrogens (tertiary/aromatic N) is 2. The third-order valence-corrected chi connectivity index (χ3v) is 9.66. The highest BCUT2D eigenvalue weighted by atomic mass is 16.3. The second kappa shape index (κ2) is 9.69. The minimum atomic E-state index is 0.541. The maximum Gasteiger partial charge on any atom is 0.216 e. The summed E-state index contributed by atoms with van der Waals surface area (Å²) in [5.74, 6) is 2.30. The molecule has 0 saturated heterocycles. The minimum Gasteiger partial charge on any atom is -0.454 e. The molecule has 0 bridgehead atoms. The van der Waals surface area contributed by atoms with Crippen molar-refractivity contribution in [2.45, 2.75) is 57.8 Å². The van der Waals surface area contributed by atoms with Gasteiger partial charge in [0.05, 0.1) is 17.2 Å². The van der Waals surface area contributed by atoms with Gasteiger partial charge in [0.2, 0.25) is 5.69 Å². The molecule has 0 amide bonds. The van der Waals surface area contributed by atoms with Crippen LogP contribution in [-0.2, 0) is 7.05 Å². The first kappa shape index (κ1) is 24.2. The molecule has 0 N–H and O–H groups in total. The van der Waals surface area contributed by atoms with Crippen molar-refractivity contribution in [2.75, 3.05) is 0 Å². The second-order valence-corrected chi connectivity index (χ2v) is 11.8. The summed E-state index contributed by atoms with van der Waals surface area (Å²) in [4.78, 5) is 0. The molecule has 0 radical (unpaired) electrons. The largest absolute Gasteiger partial charge is 0.454 e. The van der Waals surface area contributed by atoms with Crippen molar-refractivity contribution in [1.82, 2.24) is 0 Å². The predicted octanol–water partition coefficient (Wildman–Crippen LogP) is 9.00. The predicted molar refractivity (Wildman–Crippen MR) is 157 cm³/mol. The zero-order valence-corrected chi connectivity index (χ0v) is 22.9. The first-order valence-electron chi connectivity index (χ1n) is 14.6. The zero-order chi connectivity index (χ0) is 26.5. The molecule has 2 atom stereocenters. The van der Waals surface area contributed by atoms with Crippen molar-refractivity contribution in [3.05, 3.63) is 89.6 Å². The topological polar surface area (TPSA) is 40.8 Å². The van der Waals surface area contributed by atoms with E-state index in [-0.39, 0.29) is 0 Å². The van der Waals surface area contributed by atoms with Gasteiger partial charge in [-0.15, -0.1) is 0 Å². The van der Waals surface area contributed by atoms with Gasteiger partial charge in [-0.3, -0.25) is 0 Å². The van der Waals surface area contributed by atoms with Crippen LogP contribution in [0.15, 0.2) is 77.3 Å². The Balaban J connectivity index is 1.42. The quantitative estimate of drug-likeness (QED) is 0.226. The molecule has 194 valence electrons. The molecule has 5 aromatic rings. The lowest BCUT2D eigenvalue weighted by Crippen LogP contribution is -2.30. The summed E-state index contributed by atoms with van der Waals surface area (Å²) in [6.07, 6.45) is 11.6. The number of aryl methyl sites for hydroxylation is 2. The van der Waals surface area contributed by atoms with Crippen LogP contribution >= 0.6 is 0 Å². The first-order valence-corrected chi connectivity index (χ1v) is 14.6. The highest BCUT2D eigenvalue weighted by molar-refractivity contribution is 6.14. The van der Waals surface area contributed by atoms with E-state index in [0.717, 1.165) is 50.6 Å². The molecule has 2 heterocycles. The Morgan fingerprint density at radius 2 is 1.54 bits per heavy atom. The Bertz CT molecular complexity index is 1750. The molecule has 3 aromatic carbocycles. The molecular formula is C36H35N2O+. The standard InChI is InChI=1S/C36H35N2O/c1-23-14-18-30-31-19-17-27(22-37)34(36(31)39-35(30)33(23)32-13-7-8-20-38(32)2)29-12-6-5-11-28(29)26-16-15-25(21-26)24-9-3-4-10-24/h5-8,11-14,17-20,24-26H,3-4,9-10,15-16,21H2,1-2H3/q+1. The lowest BCUT2D eigenvalue weighted by atomic mass is 9.84. The molecule has 0 aliphatic heterocycles. The van der Waals surface area contributed by atoms with Gasteiger partial charge in [-0.05, 0) is 78.8 Å². The number of hydrogen-bond donors (Lipinski definition) is 0.